The van der Waals surface area contributed by atoms with Gasteiger partial charge in [0.2, 0.25) is 0 Å². The van der Waals surface area contributed by atoms with Crippen LogP contribution >= 0.6 is 0 Å². The molecule has 7 nitrogen and oxygen atoms in total. The lowest BCUT2D eigenvalue weighted by Crippen LogP contribution is -2.21. The van der Waals surface area contributed by atoms with Crippen LogP contribution in [-0.2, 0) is 9.53 Å². The first-order valence-electron chi connectivity index (χ1n) is 11.0. The molecule has 29 heavy (non-hydrogen) atoms. The number of unbranched alkanes of at least 4 members (excludes halogenated alkanes) is 11. The molecule has 0 aliphatic rings. The maximum Gasteiger partial charge on any atom is 0.330 e. The van der Waals surface area contributed by atoms with Gasteiger partial charge >= 0.3 is 5.97 Å². The van der Waals surface area contributed by atoms with Crippen molar-refractivity contribution in [3.8, 4) is 0 Å². The molecule has 174 valence electrons. The first-order chi connectivity index (χ1) is 14.0. The lowest BCUT2D eigenvalue weighted by atomic mass is 10.1. The number of carbonyl (C=O) groups excluding carboxylic acids is 1. The van der Waals surface area contributed by atoms with E-state index >= 15 is 0 Å². The van der Waals surface area contributed by atoms with Crippen molar-refractivity contribution in [3.63, 3.8) is 0 Å². The van der Waals surface area contributed by atoms with Crippen molar-refractivity contribution in [2.45, 2.75) is 96.2 Å². The summed E-state index contributed by atoms with van der Waals surface area (Å²) in [6.07, 6.45) is 16.6. The number of ether oxygens (including phenoxy) is 1. The SMILES string of the molecule is CCCCCCCCCCCCC/C=C/C(=O)OCC(O)CO.OCC(O)CO. The number of aliphatic hydroxyl groups is 5. The van der Waals surface area contributed by atoms with Gasteiger partial charge in [0.15, 0.2) is 0 Å². The predicted molar refractivity (Wildman–Crippen MR) is 114 cm³/mol. The highest BCUT2D eigenvalue weighted by atomic mass is 16.5. The number of aliphatic hydroxyl groups excluding tert-OH is 5. The minimum absolute atomic E-state index is 0.155. The van der Waals surface area contributed by atoms with Gasteiger partial charge in [0, 0.05) is 6.08 Å². The molecule has 0 aromatic carbocycles. The van der Waals surface area contributed by atoms with Crippen molar-refractivity contribution < 1.29 is 35.1 Å². The first-order valence-corrected chi connectivity index (χ1v) is 11.0. The van der Waals surface area contributed by atoms with Crippen molar-refractivity contribution in [1.82, 2.24) is 0 Å². The van der Waals surface area contributed by atoms with Crippen molar-refractivity contribution in [3.05, 3.63) is 12.2 Å². The van der Waals surface area contributed by atoms with E-state index in [0.717, 1.165) is 12.8 Å². The molecule has 0 aliphatic heterocycles. The Balaban J connectivity index is 0. The Morgan fingerprint density at radius 3 is 1.62 bits per heavy atom. The van der Waals surface area contributed by atoms with E-state index < -0.39 is 24.8 Å². The average Bonchev–Trinajstić information content (AvgIpc) is 2.74. The molecular weight excluding hydrogens is 376 g/mol. The zero-order chi connectivity index (χ0) is 22.2. The summed E-state index contributed by atoms with van der Waals surface area (Å²) in [5, 5.41) is 41.6. The summed E-state index contributed by atoms with van der Waals surface area (Å²) in [6.45, 7) is 0.973. The maximum absolute atomic E-state index is 11.3. The summed E-state index contributed by atoms with van der Waals surface area (Å²) in [4.78, 5) is 11.3. The summed E-state index contributed by atoms with van der Waals surface area (Å²) in [6, 6.07) is 0. The summed E-state index contributed by atoms with van der Waals surface area (Å²) < 4.78 is 4.77. The third kappa shape index (κ3) is 27.0. The van der Waals surface area contributed by atoms with Crippen LogP contribution in [0.2, 0.25) is 0 Å². The Kier molecular flexibility index (Phi) is 26.1. The van der Waals surface area contributed by atoms with Crippen LogP contribution in [0.4, 0.5) is 0 Å². The minimum atomic E-state index is -0.987. The maximum atomic E-state index is 11.3. The summed E-state index contributed by atoms with van der Waals surface area (Å²) in [7, 11) is 0. The fourth-order valence-corrected chi connectivity index (χ4v) is 2.44. The summed E-state index contributed by atoms with van der Waals surface area (Å²) in [5.41, 5.74) is 0. The smallest absolute Gasteiger partial charge is 0.330 e. The highest BCUT2D eigenvalue weighted by molar-refractivity contribution is 5.81. The van der Waals surface area contributed by atoms with Crippen LogP contribution in [-0.4, -0.2) is 70.1 Å². The summed E-state index contributed by atoms with van der Waals surface area (Å²) in [5.74, 6) is -0.458. The average molecular weight is 421 g/mol. The molecule has 0 rings (SSSR count). The van der Waals surface area contributed by atoms with Gasteiger partial charge in [-0.1, -0.05) is 77.2 Å². The molecule has 0 spiro atoms. The van der Waals surface area contributed by atoms with Gasteiger partial charge in [0.25, 0.3) is 0 Å². The third-order valence-electron chi connectivity index (χ3n) is 4.28. The lowest BCUT2D eigenvalue weighted by Gasteiger charge is -2.06. The van der Waals surface area contributed by atoms with Crippen LogP contribution in [0.15, 0.2) is 12.2 Å². The zero-order valence-corrected chi connectivity index (χ0v) is 18.2. The molecule has 0 saturated carbocycles. The van der Waals surface area contributed by atoms with Gasteiger partial charge in [-0.3, -0.25) is 0 Å². The molecule has 0 aromatic heterocycles. The van der Waals surface area contributed by atoms with E-state index in [4.69, 9.17) is 30.3 Å². The molecule has 0 amide bonds. The van der Waals surface area contributed by atoms with Crippen LogP contribution in [0.1, 0.15) is 84.0 Å². The zero-order valence-electron chi connectivity index (χ0n) is 18.2. The van der Waals surface area contributed by atoms with Gasteiger partial charge in [-0.25, -0.2) is 4.79 Å². The van der Waals surface area contributed by atoms with E-state index in [1.54, 1.807) is 0 Å². The number of esters is 1. The van der Waals surface area contributed by atoms with Gasteiger partial charge in [-0.05, 0) is 12.8 Å². The largest absolute Gasteiger partial charge is 0.460 e. The number of rotatable bonds is 18. The van der Waals surface area contributed by atoms with Crippen LogP contribution in [0.3, 0.4) is 0 Å². The Hall–Kier alpha value is -0.990. The van der Waals surface area contributed by atoms with Crippen molar-refractivity contribution in [1.29, 1.82) is 0 Å². The topological polar surface area (TPSA) is 127 Å². The van der Waals surface area contributed by atoms with Crippen molar-refractivity contribution in [2.24, 2.45) is 0 Å². The molecule has 0 fully saturated rings. The molecule has 1 unspecified atom stereocenters. The molecule has 7 heteroatoms. The van der Waals surface area contributed by atoms with Gasteiger partial charge in [-0.2, -0.15) is 0 Å². The van der Waals surface area contributed by atoms with Crippen LogP contribution < -0.4 is 0 Å². The van der Waals surface area contributed by atoms with Gasteiger partial charge in [0.1, 0.15) is 18.8 Å². The van der Waals surface area contributed by atoms with E-state index in [0.29, 0.717) is 0 Å². The first kappa shape index (κ1) is 30.2. The molecule has 1 atom stereocenters. The molecular formula is C22H44O7. The number of hydrogen-bond acceptors (Lipinski definition) is 7. The number of carbonyl (C=O) groups is 1. The second kappa shape index (κ2) is 25.0. The monoisotopic (exact) mass is 420 g/mol. The predicted octanol–water partition coefficient (Wildman–Crippen LogP) is 2.47. The summed E-state index contributed by atoms with van der Waals surface area (Å²) >= 11 is 0. The Morgan fingerprint density at radius 1 is 0.759 bits per heavy atom. The molecule has 0 aromatic rings. The van der Waals surface area contributed by atoms with E-state index in [2.05, 4.69) is 6.92 Å². The van der Waals surface area contributed by atoms with Gasteiger partial charge in [0.05, 0.1) is 19.8 Å². The van der Waals surface area contributed by atoms with Crippen molar-refractivity contribution in [2.75, 3.05) is 26.4 Å². The molecule has 0 radical (unpaired) electrons. The molecule has 0 bridgehead atoms. The Morgan fingerprint density at radius 2 is 1.21 bits per heavy atom. The molecule has 0 saturated heterocycles. The fourth-order valence-electron chi connectivity index (χ4n) is 2.44. The molecule has 5 N–H and O–H groups in total. The molecule has 0 aliphatic carbocycles. The minimum Gasteiger partial charge on any atom is -0.460 e. The number of allylic oxidation sites excluding steroid dienone is 1. The Labute approximate surface area is 176 Å². The van der Waals surface area contributed by atoms with E-state index in [1.165, 1.54) is 70.3 Å². The van der Waals surface area contributed by atoms with E-state index in [-0.39, 0.29) is 19.8 Å². The highest BCUT2D eigenvalue weighted by Crippen LogP contribution is 2.12. The second-order valence-electron chi connectivity index (χ2n) is 7.21. The van der Waals surface area contributed by atoms with Crippen LogP contribution in [0.5, 0.6) is 0 Å². The van der Waals surface area contributed by atoms with Crippen molar-refractivity contribution >= 4 is 5.97 Å². The lowest BCUT2D eigenvalue weighted by molar-refractivity contribution is -0.141. The normalized spacial score (nSPS) is 12.1. The van der Waals surface area contributed by atoms with Gasteiger partial charge < -0.3 is 30.3 Å². The van der Waals surface area contributed by atoms with Gasteiger partial charge in [-0.15, -0.1) is 0 Å². The third-order valence-corrected chi connectivity index (χ3v) is 4.28. The van der Waals surface area contributed by atoms with Crippen LogP contribution in [0.25, 0.3) is 0 Å². The van der Waals surface area contributed by atoms with Crippen LogP contribution in [0, 0.1) is 0 Å². The van der Waals surface area contributed by atoms with E-state index in [1.807, 2.05) is 6.08 Å². The van der Waals surface area contributed by atoms with E-state index in [9.17, 15) is 4.79 Å². The standard InChI is InChI=1S/C19H36O4.C3H8O3/c1-2-3-4-5-6-7-8-9-10-11-12-13-14-15-19(22)23-17-18(21)16-20;4-1-3(6)2-5/h14-15,18,20-21H,2-13,16-17H2,1H3;3-6H,1-2H2/b15-14+;. The fraction of sp³-hybridized carbons (Fsp3) is 0.864. The second-order valence-corrected chi connectivity index (χ2v) is 7.21. The molecule has 0 heterocycles. The number of hydrogen-bond donors (Lipinski definition) is 5. The Bertz CT molecular complexity index is 357. The highest BCUT2D eigenvalue weighted by Gasteiger charge is 2.04. The quantitative estimate of drug-likeness (QED) is 0.131.